The van der Waals surface area contributed by atoms with E-state index in [0.717, 1.165) is 22.2 Å². The van der Waals surface area contributed by atoms with E-state index in [1.165, 1.54) is 0 Å². The number of rotatable bonds is 5. The van der Waals surface area contributed by atoms with Gasteiger partial charge in [-0.15, -0.1) is 0 Å². The van der Waals surface area contributed by atoms with Gasteiger partial charge in [-0.25, -0.2) is 0 Å². The van der Waals surface area contributed by atoms with Crippen LogP contribution < -0.4 is 11.3 Å². The summed E-state index contributed by atoms with van der Waals surface area (Å²) in [6, 6.07) is 4.40. The molecule has 0 saturated carbocycles. The first-order valence-electron chi connectivity index (χ1n) is 6.20. The molecule has 0 aliphatic rings. The van der Waals surface area contributed by atoms with E-state index in [0.29, 0.717) is 6.04 Å². The van der Waals surface area contributed by atoms with Gasteiger partial charge in [0.15, 0.2) is 0 Å². The molecule has 2 heterocycles. The van der Waals surface area contributed by atoms with Gasteiger partial charge in [0, 0.05) is 35.5 Å². The van der Waals surface area contributed by atoms with Gasteiger partial charge in [-0.3, -0.25) is 20.9 Å². The Bertz CT molecular complexity index is 537. The summed E-state index contributed by atoms with van der Waals surface area (Å²) in [5.74, 6) is 5.64. The molecule has 0 aliphatic carbocycles. The van der Waals surface area contributed by atoms with Crippen molar-refractivity contribution >= 4 is 15.9 Å². The number of nitrogens with one attached hydrogen (secondary N) is 1. The van der Waals surface area contributed by atoms with Crippen molar-refractivity contribution in [3.8, 4) is 0 Å². The molecule has 1 atom stereocenters. The average Bonchev–Trinajstić information content (AvgIpc) is 2.84. The zero-order chi connectivity index (χ0) is 13.8. The molecule has 0 bridgehead atoms. The molecule has 6 heteroatoms. The van der Waals surface area contributed by atoms with E-state index < -0.39 is 0 Å². The van der Waals surface area contributed by atoms with E-state index in [1.54, 1.807) is 6.20 Å². The van der Waals surface area contributed by atoms with Crippen LogP contribution in [0.15, 0.2) is 35.2 Å². The molecule has 0 amide bonds. The zero-order valence-electron chi connectivity index (χ0n) is 11.0. The summed E-state index contributed by atoms with van der Waals surface area (Å²) in [7, 11) is 0. The van der Waals surface area contributed by atoms with Gasteiger partial charge in [0.2, 0.25) is 0 Å². The topological polar surface area (TPSA) is 68.8 Å². The number of hydrogen-bond donors (Lipinski definition) is 2. The van der Waals surface area contributed by atoms with Crippen molar-refractivity contribution in [2.45, 2.75) is 32.4 Å². The van der Waals surface area contributed by atoms with Crippen LogP contribution >= 0.6 is 15.9 Å². The first kappa shape index (κ1) is 14.2. The number of hydrazine groups is 1. The molecular formula is C13H18BrN5. The molecule has 2 aromatic heterocycles. The van der Waals surface area contributed by atoms with Crippen LogP contribution in [-0.4, -0.2) is 14.8 Å². The number of aromatic nitrogens is 3. The monoisotopic (exact) mass is 323 g/mol. The molecule has 0 saturated heterocycles. The molecule has 0 radical (unpaired) electrons. The van der Waals surface area contributed by atoms with Crippen LogP contribution in [0.1, 0.15) is 37.2 Å². The van der Waals surface area contributed by atoms with E-state index in [2.05, 4.69) is 45.3 Å². The average molecular weight is 324 g/mol. The van der Waals surface area contributed by atoms with E-state index >= 15 is 0 Å². The molecule has 102 valence electrons. The molecule has 0 aliphatic heterocycles. The third kappa shape index (κ3) is 3.62. The SMILES string of the molecule is CC(C)n1ccc(CC(NN)c2cncc(Br)c2)n1. The third-order valence-corrected chi connectivity index (χ3v) is 3.37. The first-order valence-corrected chi connectivity index (χ1v) is 7.00. The lowest BCUT2D eigenvalue weighted by Gasteiger charge is -2.15. The fraction of sp³-hybridized carbons (Fsp3) is 0.385. The highest BCUT2D eigenvalue weighted by Gasteiger charge is 2.13. The largest absolute Gasteiger partial charge is 0.271 e. The lowest BCUT2D eigenvalue weighted by molar-refractivity contribution is 0.506. The second-order valence-electron chi connectivity index (χ2n) is 4.74. The van der Waals surface area contributed by atoms with Crippen molar-refractivity contribution in [2.75, 3.05) is 0 Å². The normalized spacial score (nSPS) is 12.9. The molecule has 2 rings (SSSR count). The lowest BCUT2D eigenvalue weighted by Crippen LogP contribution is -2.29. The highest BCUT2D eigenvalue weighted by molar-refractivity contribution is 9.10. The second-order valence-corrected chi connectivity index (χ2v) is 5.66. The zero-order valence-corrected chi connectivity index (χ0v) is 12.6. The Hall–Kier alpha value is -1.24. The van der Waals surface area contributed by atoms with Crippen LogP contribution in [0, 0.1) is 0 Å². The molecule has 0 aromatic carbocycles. The Kier molecular flexibility index (Phi) is 4.68. The van der Waals surface area contributed by atoms with Gasteiger partial charge in [-0.05, 0) is 47.5 Å². The minimum absolute atomic E-state index is 0.000474. The molecule has 0 spiro atoms. The number of pyridine rings is 1. The van der Waals surface area contributed by atoms with Crippen molar-refractivity contribution in [2.24, 2.45) is 5.84 Å². The Morgan fingerprint density at radius 3 is 2.79 bits per heavy atom. The number of nitrogens with zero attached hydrogens (tertiary/aromatic N) is 3. The Balaban J connectivity index is 2.14. The van der Waals surface area contributed by atoms with Gasteiger partial charge in [-0.1, -0.05) is 0 Å². The lowest BCUT2D eigenvalue weighted by atomic mass is 10.1. The third-order valence-electron chi connectivity index (χ3n) is 2.94. The molecule has 1 unspecified atom stereocenters. The number of hydrogen-bond acceptors (Lipinski definition) is 4. The van der Waals surface area contributed by atoms with Crippen molar-refractivity contribution in [3.05, 3.63) is 46.5 Å². The van der Waals surface area contributed by atoms with Crippen molar-refractivity contribution in [1.29, 1.82) is 0 Å². The number of nitrogens with two attached hydrogens (primary N) is 1. The maximum absolute atomic E-state index is 5.64. The van der Waals surface area contributed by atoms with Crippen molar-refractivity contribution < 1.29 is 0 Å². The van der Waals surface area contributed by atoms with Crippen LogP contribution in [0.25, 0.3) is 0 Å². The van der Waals surface area contributed by atoms with Gasteiger partial charge in [-0.2, -0.15) is 5.10 Å². The fourth-order valence-electron chi connectivity index (χ4n) is 1.87. The molecule has 2 aromatic rings. The molecular weight excluding hydrogens is 306 g/mol. The summed E-state index contributed by atoms with van der Waals surface area (Å²) >= 11 is 3.42. The van der Waals surface area contributed by atoms with Crippen molar-refractivity contribution in [3.63, 3.8) is 0 Å². The first-order chi connectivity index (χ1) is 9.10. The smallest absolute Gasteiger partial charge is 0.0644 e. The van der Waals surface area contributed by atoms with Crippen LogP contribution in [0.2, 0.25) is 0 Å². The van der Waals surface area contributed by atoms with E-state index in [-0.39, 0.29) is 6.04 Å². The van der Waals surface area contributed by atoms with Gasteiger partial charge in [0.25, 0.3) is 0 Å². The highest BCUT2D eigenvalue weighted by Crippen LogP contribution is 2.19. The van der Waals surface area contributed by atoms with Crippen LogP contribution in [0.5, 0.6) is 0 Å². The maximum atomic E-state index is 5.64. The summed E-state index contributed by atoms with van der Waals surface area (Å²) in [6.07, 6.45) is 6.29. The Labute approximate surface area is 121 Å². The van der Waals surface area contributed by atoms with Crippen LogP contribution in [0.4, 0.5) is 0 Å². The molecule has 0 fully saturated rings. The van der Waals surface area contributed by atoms with Gasteiger partial charge >= 0.3 is 0 Å². The molecule has 5 nitrogen and oxygen atoms in total. The van der Waals surface area contributed by atoms with E-state index in [1.807, 2.05) is 29.2 Å². The van der Waals surface area contributed by atoms with E-state index in [9.17, 15) is 0 Å². The standard InChI is InChI=1S/C13H18BrN5/c1-9(2)19-4-3-12(18-19)6-13(17-15)10-5-11(14)8-16-7-10/h3-5,7-9,13,17H,6,15H2,1-2H3. The minimum atomic E-state index is 0.000474. The van der Waals surface area contributed by atoms with Gasteiger partial charge < -0.3 is 0 Å². The minimum Gasteiger partial charge on any atom is -0.271 e. The van der Waals surface area contributed by atoms with Gasteiger partial charge in [0.1, 0.15) is 0 Å². The molecule has 19 heavy (non-hydrogen) atoms. The predicted molar refractivity (Wildman–Crippen MR) is 78.3 cm³/mol. The molecule has 3 N–H and O–H groups in total. The Morgan fingerprint density at radius 1 is 1.42 bits per heavy atom. The predicted octanol–water partition coefficient (Wildman–Crippen LogP) is 2.37. The van der Waals surface area contributed by atoms with Crippen LogP contribution in [-0.2, 0) is 6.42 Å². The summed E-state index contributed by atoms with van der Waals surface area (Å²) in [5.41, 5.74) is 4.87. The fourth-order valence-corrected chi connectivity index (χ4v) is 2.26. The second kappa shape index (κ2) is 6.27. The van der Waals surface area contributed by atoms with E-state index in [4.69, 9.17) is 5.84 Å². The quantitative estimate of drug-likeness (QED) is 0.654. The van der Waals surface area contributed by atoms with Crippen molar-refractivity contribution in [1.82, 2.24) is 20.2 Å². The summed E-state index contributed by atoms with van der Waals surface area (Å²) in [4.78, 5) is 4.16. The summed E-state index contributed by atoms with van der Waals surface area (Å²) in [6.45, 7) is 4.21. The highest BCUT2D eigenvalue weighted by atomic mass is 79.9. The van der Waals surface area contributed by atoms with Gasteiger partial charge in [0.05, 0.1) is 11.7 Å². The van der Waals surface area contributed by atoms with Crippen LogP contribution in [0.3, 0.4) is 0 Å². The summed E-state index contributed by atoms with van der Waals surface area (Å²) < 4.78 is 2.89. The summed E-state index contributed by atoms with van der Waals surface area (Å²) in [5, 5.41) is 4.53. The number of halogens is 1. The maximum Gasteiger partial charge on any atom is 0.0644 e. The Morgan fingerprint density at radius 2 is 2.21 bits per heavy atom.